The highest BCUT2D eigenvalue weighted by molar-refractivity contribution is 4.89. The molecule has 2 aliphatic rings. The van der Waals surface area contributed by atoms with Crippen molar-refractivity contribution in [3.05, 3.63) is 0 Å². The molecule has 0 spiro atoms. The monoisotopic (exact) mass is 211 g/mol. The van der Waals surface area contributed by atoms with E-state index in [0.29, 0.717) is 0 Å². The predicted octanol–water partition coefficient (Wildman–Crippen LogP) is 0.764. The van der Waals surface area contributed by atoms with Gasteiger partial charge in [-0.15, -0.1) is 0 Å². The van der Waals surface area contributed by atoms with Crippen LogP contribution in [0, 0.1) is 0 Å². The van der Waals surface area contributed by atoms with Crippen LogP contribution in [-0.4, -0.2) is 61.7 Å². The Morgan fingerprint density at radius 3 is 2.93 bits per heavy atom. The van der Waals surface area contributed by atoms with E-state index in [1.165, 1.54) is 45.4 Å². The summed E-state index contributed by atoms with van der Waals surface area (Å²) in [6.45, 7) is 8.63. The summed E-state index contributed by atoms with van der Waals surface area (Å²) in [4.78, 5) is 5.37. The molecule has 2 aliphatic heterocycles. The molecule has 0 aromatic rings. The lowest BCUT2D eigenvalue weighted by Gasteiger charge is -2.47. The zero-order valence-electron chi connectivity index (χ0n) is 10.2. The number of fused-ring (bicyclic) bond motifs is 1. The molecular formula is C12H25N3. The van der Waals surface area contributed by atoms with Gasteiger partial charge in [0.1, 0.15) is 0 Å². The van der Waals surface area contributed by atoms with Crippen LogP contribution in [0.4, 0.5) is 0 Å². The summed E-state index contributed by atoms with van der Waals surface area (Å²) in [5, 5.41) is 3.25. The van der Waals surface area contributed by atoms with Crippen molar-refractivity contribution in [1.82, 2.24) is 15.1 Å². The van der Waals surface area contributed by atoms with Gasteiger partial charge in [0.05, 0.1) is 0 Å². The first-order valence-corrected chi connectivity index (χ1v) is 6.44. The summed E-state index contributed by atoms with van der Waals surface area (Å²) >= 11 is 0. The molecule has 0 aliphatic carbocycles. The van der Waals surface area contributed by atoms with E-state index in [9.17, 15) is 0 Å². The lowest BCUT2D eigenvalue weighted by molar-refractivity contribution is 0.0163. The molecule has 0 aromatic carbocycles. The van der Waals surface area contributed by atoms with Gasteiger partial charge in [-0.05, 0) is 33.4 Å². The number of piperidine rings is 1. The van der Waals surface area contributed by atoms with E-state index in [2.05, 4.69) is 22.0 Å². The van der Waals surface area contributed by atoms with E-state index in [1.54, 1.807) is 0 Å². The van der Waals surface area contributed by atoms with E-state index in [-0.39, 0.29) is 0 Å². The van der Waals surface area contributed by atoms with Crippen molar-refractivity contribution in [2.24, 2.45) is 0 Å². The fourth-order valence-electron chi connectivity index (χ4n) is 2.98. The summed E-state index contributed by atoms with van der Waals surface area (Å²) in [6.07, 6.45) is 4.28. The smallest absolute Gasteiger partial charge is 0.0223 e. The highest BCUT2D eigenvalue weighted by Gasteiger charge is 2.32. The molecule has 3 heteroatoms. The number of piperazine rings is 1. The second-order valence-electron chi connectivity index (χ2n) is 5.09. The van der Waals surface area contributed by atoms with E-state index in [0.717, 1.165) is 18.6 Å². The molecule has 2 rings (SSSR count). The number of nitrogens with one attached hydrogen (secondary N) is 1. The molecule has 3 nitrogen and oxygen atoms in total. The zero-order chi connectivity index (χ0) is 10.7. The van der Waals surface area contributed by atoms with Crippen LogP contribution in [0.15, 0.2) is 0 Å². The second kappa shape index (κ2) is 5.28. The first-order chi connectivity index (χ1) is 7.31. The molecule has 2 heterocycles. The van der Waals surface area contributed by atoms with Crippen molar-refractivity contribution < 1.29 is 0 Å². The molecule has 0 radical (unpaired) electrons. The summed E-state index contributed by atoms with van der Waals surface area (Å²) in [5.74, 6) is 0. The van der Waals surface area contributed by atoms with Crippen LogP contribution in [0.5, 0.6) is 0 Å². The Morgan fingerprint density at radius 1 is 1.27 bits per heavy atom. The van der Waals surface area contributed by atoms with Crippen molar-refractivity contribution in [3.63, 3.8) is 0 Å². The van der Waals surface area contributed by atoms with Crippen LogP contribution >= 0.6 is 0 Å². The van der Waals surface area contributed by atoms with Crippen molar-refractivity contribution >= 4 is 0 Å². The number of hydrogen-bond acceptors (Lipinski definition) is 3. The molecule has 88 valence electrons. The van der Waals surface area contributed by atoms with Gasteiger partial charge in [-0.2, -0.15) is 0 Å². The molecule has 15 heavy (non-hydrogen) atoms. The average Bonchev–Trinajstić information content (AvgIpc) is 2.26. The van der Waals surface area contributed by atoms with Crippen LogP contribution in [-0.2, 0) is 0 Å². The van der Waals surface area contributed by atoms with Crippen molar-refractivity contribution in [1.29, 1.82) is 0 Å². The molecule has 0 saturated carbocycles. The van der Waals surface area contributed by atoms with Gasteiger partial charge in [-0.3, -0.25) is 9.80 Å². The molecule has 2 unspecified atom stereocenters. The molecule has 2 saturated heterocycles. The van der Waals surface area contributed by atoms with Gasteiger partial charge in [-0.1, -0.05) is 6.42 Å². The zero-order valence-corrected chi connectivity index (χ0v) is 10.2. The Labute approximate surface area is 93.8 Å². The number of hydrogen-bond donors (Lipinski definition) is 1. The third-order valence-electron chi connectivity index (χ3n) is 3.97. The topological polar surface area (TPSA) is 18.5 Å². The summed E-state index contributed by atoms with van der Waals surface area (Å²) in [6, 6.07) is 1.60. The van der Waals surface area contributed by atoms with Gasteiger partial charge in [0.25, 0.3) is 0 Å². The van der Waals surface area contributed by atoms with Crippen LogP contribution in [0.1, 0.15) is 26.2 Å². The summed E-state index contributed by atoms with van der Waals surface area (Å²) < 4.78 is 0. The van der Waals surface area contributed by atoms with E-state index in [4.69, 9.17) is 0 Å². The fraction of sp³-hybridized carbons (Fsp3) is 1.00. The van der Waals surface area contributed by atoms with Crippen molar-refractivity contribution in [3.8, 4) is 0 Å². The predicted molar refractivity (Wildman–Crippen MR) is 64.2 cm³/mol. The third-order valence-corrected chi connectivity index (χ3v) is 3.97. The second-order valence-corrected chi connectivity index (χ2v) is 5.09. The quantitative estimate of drug-likeness (QED) is 0.744. The molecular weight excluding hydrogens is 186 g/mol. The highest BCUT2D eigenvalue weighted by Crippen LogP contribution is 2.23. The standard InChI is InChI=1S/C12H25N3/c1-11-9-15-7-4-3-5-12(15)10-14(11)8-6-13-2/h11-13H,3-10H2,1-2H3. The first-order valence-electron chi connectivity index (χ1n) is 6.44. The largest absolute Gasteiger partial charge is 0.318 e. The Bertz CT molecular complexity index is 195. The normalized spacial score (nSPS) is 34.0. The van der Waals surface area contributed by atoms with Gasteiger partial charge in [-0.25, -0.2) is 0 Å². The summed E-state index contributed by atoms with van der Waals surface area (Å²) in [5.41, 5.74) is 0. The van der Waals surface area contributed by atoms with Gasteiger partial charge >= 0.3 is 0 Å². The van der Waals surface area contributed by atoms with E-state index < -0.39 is 0 Å². The molecule has 0 aromatic heterocycles. The van der Waals surface area contributed by atoms with Crippen LogP contribution in [0.2, 0.25) is 0 Å². The van der Waals surface area contributed by atoms with Gasteiger partial charge in [0, 0.05) is 38.3 Å². The number of likely N-dealkylation sites (N-methyl/N-ethyl adjacent to an activating group) is 1. The average molecular weight is 211 g/mol. The van der Waals surface area contributed by atoms with E-state index in [1.807, 2.05) is 7.05 Å². The molecule has 2 atom stereocenters. The minimum atomic E-state index is 0.743. The minimum Gasteiger partial charge on any atom is -0.318 e. The van der Waals surface area contributed by atoms with Gasteiger partial charge in [0.15, 0.2) is 0 Å². The lowest BCUT2D eigenvalue weighted by atomic mass is 9.97. The SMILES string of the molecule is CNCCN1CC2CCCCN2CC1C. The maximum Gasteiger partial charge on any atom is 0.0223 e. The number of rotatable bonds is 3. The lowest BCUT2D eigenvalue weighted by Crippen LogP contribution is -2.59. The maximum absolute atomic E-state index is 3.25. The Hall–Kier alpha value is -0.120. The fourth-order valence-corrected chi connectivity index (χ4v) is 2.98. The van der Waals surface area contributed by atoms with Crippen LogP contribution in [0.25, 0.3) is 0 Å². The highest BCUT2D eigenvalue weighted by atomic mass is 15.3. The van der Waals surface area contributed by atoms with E-state index >= 15 is 0 Å². The van der Waals surface area contributed by atoms with Gasteiger partial charge in [0.2, 0.25) is 0 Å². The molecule has 0 bridgehead atoms. The number of nitrogens with zero attached hydrogens (tertiary/aromatic N) is 2. The Kier molecular flexibility index (Phi) is 4.00. The summed E-state index contributed by atoms with van der Waals surface area (Å²) in [7, 11) is 2.04. The van der Waals surface area contributed by atoms with Crippen molar-refractivity contribution in [2.45, 2.75) is 38.3 Å². The van der Waals surface area contributed by atoms with Crippen molar-refractivity contribution in [2.75, 3.05) is 39.8 Å². The minimum absolute atomic E-state index is 0.743. The third kappa shape index (κ3) is 2.71. The Balaban J connectivity index is 1.87. The molecule has 0 amide bonds. The molecule has 2 fully saturated rings. The molecule has 1 N–H and O–H groups in total. The van der Waals surface area contributed by atoms with Crippen LogP contribution in [0.3, 0.4) is 0 Å². The van der Waals surface area contributed by atoms with Gasteiger partial charge < -0.3 is 5.32 Å². The maximum atomic E-state index is 3.25. The Morgan fingerprint density at radius 2 is 2.13 bits per heavy atom. The van der Waals surface area contributed by atoms with Crippen LogP contribution < -0.4 is 5.32 Å². The first kappa shape index (κ1) is 11.4.